The van der Waals surface area contributed by atoms with Crippen LogP contribution in [0, 0.1) is 0 Å². The van der Waals surface area contributed by atoms with Gasteiger partial charge in [0.1, 0.15) is 0 Å². The highest BCUT2D eigenvalue weighted by Crippen LogP contribution is 2.42. The van der Waals surface area contributed by atoms with Crippen LogP contribution in [0.25, 0.3) is 0 Å². The highest BCUT2D eigenvalue weighted by atomic mass is 35.5. The van der Waals surface area contributed by atoms with Crippen LogP contribution < -0.4 is 5.32 Å². The molecular formula is C17H24ClNOS. The van der Waals surface area contributed by atoms with Crippen molar-refractivity contribution in [2.75, 3.05) is 5.75 Å². The van der Waals surface area contributed by atoms with Crippen LogP contribution in [0.5, 0.6) is 0 Å². The van der Waals surface area contributed by atoms with Crippen molar-refractivity contribution >= 4 is 23.4 Å². The number of hydrogen-bond acceptors (Lipinski definition) is 3. The molecule has 0 amide bonds. The summed E-state index contributed by atoms with van der Waals surface area (Å²) >= 11 is 8.13. The lowest BCUT2D eigenvalue weighted by Gasteiger charge is -2.33. The molecule has 0 aromatic heterocycles. The van der Waals surface area contributed by atoms with Gasteiger partial charge in [-0.2, -0.15) is 0 Å². The lowest BCUT2D eigenvalue weighted by Crippen LogP contribution is -2.45. The summed E-state index contributed by atoms with van der Waals surface area (Å²) in [5.41, 5.74) is 1.16. The molecule has 2 nitrogen and oxygen atoms in total. The number of benzene rings is 1. The molecule has 1 aromatic rings. The summed E-state index contributed by atoms with van der Waals surface area (Å²) in [7, 11) is 0. The molecule has 1 aromatic carbocycles. The molecule has 4 heteroatoms. The molecule has 2 aliphatic rings. The summed E-state index contributed by atoms with van der Waals surface area (Å²) < 4.78 is 6.21. The maximum Gasteiger partial charge on any atom is 0.0787 e. The van der Waals surface area contributed by atoms with Gasteiger partial charge in [0.2, 0.25) is 0 Å². The Morgan fingerprint density at radius 3 is 2.71 bits per heavy atom. The van der Waals surface area contributed by atoms with Crippen LogP contribution >= 0.6 is 23.4 Å². The first-order valence-corrected chi connectivity index (χ1v) is 9.02. The summed E-state index contributed by atoms with van der Waals surface area (Å²) in [6.07, 6.45) is 2.19. The SMILES string of the molecule is CC1(C)CC(NC2CCSc3ccc(Cl)cc32)C(C)(C)O1. The van der Waals surface area contributed by atoms with E-state index < -0.39 is 0 Å². The van der Waals surface area contributed by atoms with Gasteiger partial charge in [-0.3, -0.25) is 0 Å². The Labute approximate surface area is 137 Å². The third-order valence-electron chi connectivity index (χ3n) is 4.49. The van der Waals surface area contributed by atoms with Gasteiger partial charge in [0.15, 0.2) is 0 Å². The maximum absolute atomic E-state index is 6.21. The molecule has 0 aliphatic carbocycles. The van der Waals surface area contributed by atoms with E-state index >= 15 is 0 Å². The predicted octanol–water partition coefficient (Wildman–Crippen LogP) is 4.81. The highest BCUT2D eigenvalue weighted by Gasteiger charge is 2.46. The number of rotatable bonds is 2. The second kappa shape index (κ2) is 5.45. The van der Waals surface area contributed by atoms with Crippen molar-refractivity contribution in [3.63, 3.8) is 0 Å². The van der Waals surface area contributed by atoms with Crippen molar-refractivity contribution in [3.8, 4) is 0 Å². The van der Waals surface area contributed by atoms with Crippen LogP contribution in [-0.2, 0) is 4.74 Å². The fourth-order valence-electron chi connectivity index (χ4n) is 3.60. The van der Waals surface area contributed by atoms with E-state index in [9.17, 15) is 0 Å². The number of halogens is 1. The monoisotopic (exact) mass is 325 g/mol. The van der Waals surface area contributed by atoms with E-state index in [1.807, 2.05) is 17.8 Å². The number of fused-ring (bicyclic) bond motifs is 1. The quantitative estimate of drug-likeness (QED) is 0.843. The number of thioether (sulfide) groups is 1. The predicted molar refractivity (Wildman–Crippen MR) is 90.3 cm³/mol. The normalized spacial score (nSPS) is 30.1. The topological polar surface area (TPSA) is 21.3 Å². The first-order valence-electron chi connectivity index (χ1n) is 7.65. The van der Waals surface area contributed by atoms with Crippen LogP contribution in [0.15, 0.2) is 23.1 Å². The molecule has 0 bridgehead atoms. The van der Waals surface area contributed by atoms with E-state index in [2.05, 4.69) is 45.1 Å². The minimum atomic E-state index is -0.132. The van der Waals surface area contributed by atoms with Crippen molar-refractivity contribution in [1.82, 2.24) is 5.32 Å². The van der Waals surface area contributed by atoms with Crippen LogP contribution in [0.1, 0.15) is 52.1 Å². The van der Waals surface area contributed by atoms with Gasteiger partial charge >= 0.3 is 0 Å². The maximum atomic E-state index is 6.21. The van der Waals surface area contributed by atoms with E-state index in [-0.39, 0.29) is 11.2 Å². The van der Waals surface area contributed by atoms with Crippen molar-refractivity contribution in [3.05, 3.63) is 28.8 Å². The molecule has 2 heterocycles. The van der Waals surface area contributed by atoms with Crippen molar-refractivity contribution in [2.45, 2.75) is 68.7 Å². The van der Waals surface area contributed by atoms with Crippen LogP contribution in [0.4, 0.5) is 0 Å². The molecule has 2 unspecified atom stereocenters. The number of nitrogens with one attached hydrogen (secondary N) is 1. The number of hydrogen-bond donors (Lipinski definition) is 1. The summed E-state index contributed by atoms with van der Waals surface area (Å²) in [6, 6.07) is 7.00. The molecule has 0 radical (unpaired) electrons. The molecule has 2 aliphatic heterocycles. The zero-order valence-electron chi connectivity index (χ0n) is 13.2. The molecule has 1 saturated heterocycles. The van der Waals surface area contributed by atoms with Gasteiger partial charge in [0.05, 0.1) is 11.2 Å². The van der Waals surface area contributed by atoms with E-state index in [0.29, 0.717) is 12.1 Å². The summed E-state index contributed by atoms with van der Waals surface area (Å²) in [6.45, 7) is 8.74. The molecule has 1 fully saturated rings. The second-order valence-corrected chi connectivity index (χ2v) is 8.83. The van der Waals surface area contributed by atoms with E-state index in [1.165, 1.54) is 10.5 Å². The van der Waals surface area contributed by atoms with Crippen molar-refractivity contribution in [2.24, 2.45) is 0 Å². The summed E-state index contributed by atoms with van der Waals surface area (Å²) in [5.74, 6) is 1.16. The Hall–Kier alpha value is -0.220. The minimum absolute atomic E-state index is 0.0538. The molecule has 1 N–H and O–H groups in total. The van der Waals surface area contributed by atoms with Gasteiger partial charge in [-0.1, -0.05) is 11.6 Å². The van der Waals surface area contributed by atoms with Crippen molar-refractivity contribution < 1.29 is 4.74 Å². The Kier molecular flexibility index (Phi) is 4.07. The third-order valence-corrected chi connectivity index (χ3v) is 5.85. The average Bonchev–Trinajstić information content (AvgIpc) is 2.58. The Morgan fingerprint density at radius 1 is 1.29 bits per heavy atom. The first kappa shape index (κ1) is 15.7. The van der Waals surface area contributed by atoms with Gasteiger partial charge in [-0.25, -0.2) is 0 Å². The Morgan fingerprint density at radius 2 is 2.05 bits per heavy atom. The Bertz CT molecular complexity index is 544. The zero-order valence-corrected chi connectivity index (χ0v) is 14.8. The van der Waals surface area contributed by atoms with Gasteiger partial charge in [-0.05, 0) is 70.1 Å². The average molecular weight is 326 g/mol. The summed E-state index contributed by atoms with van der Waals surface area (Å²) in [5, 5.41) is 4.67. The molecule has 3 rings (SSSR count). The fourth-order valence-corrected chi connectivity index (χ4v) is 4.89. The van der Waals surface area contributed by atoms with E-state index in [1.54, 1.807) is 0 Å². The molecule has 21 heavy (non-hydrogen) atoms. The lowest BCUT2D eigenvalue weighted by molar-refractivity contribution is -0.0705. The smallest absolute Gasteiger partial charge is 0.0787 e. The largest absolute Gasteiger partial charge is 0.368 e. The van der Waals surface area contributed by atoms with E-state index in [4.69, 9.17) is 16.3 Å². The molecule has 2 atom stereocenters. The van der Waals surface area contributed by atoms with Crippen molar-refractivity contribution in [1.29, 1.82) is 0 Å². The molecule has 116 valence electrons. The Balaban J connectivity index is 1.82. The lowest BCUT2D eigenvalue weighted by atomic mass is 9.92. The zero-order chi connectivity index (χ0) is 15.3. The molecule has 0 saturated carbocycles. The second-order valence-electron chi connectivity index (χ2n) is 7.26. The standard InChI is InChI=1S/C17H24ClNOS/c1-16(2)10-15(17(3,4)20-16)19-13-7-8-21-14-6-5-11(18)9-12(13)14/h5-6,9,13,15,19H,7-8,10H2,1-4H3. The van der Waals surface area contributed by atoms with Crippen LogP contribution in [-0.4, -0.2) is 23.0 Å². The van der Waals surface area contributed by atoms with Gasteiger partial charge < -0.3 is 10.1 Å². The number of ether oxygens (including phenoxy) is 1. The molecule has 0 spiro atoms. The van der Waals surface area contributed by atoms with E-state index in [0.717, 1.165) is 23.6 Å². The fraction of sp³-hybridized carbons (Fsp3) is 0.647. The third kappa shape index (κ3) is 3.26. The molecular weight excluding hydrogens is 302 g/mol. The first-order chi connectivity index (χ1) is 9.77. The van der Waals surface area contributed by atoms with Gasteiger partial charge in [0, 0.05) is 22.0 Å². The summed E-state index contributed by atoms with van der Waals surface area (Å²) in [4.78, 5) is 1.36. The van der Waals surface area contributed by atoms with Crippen LogP contribution in [0.3, 0.4) is 0 Å². The minimum Gasteiger partial charge on any atom is -0.368 e. The van der Waals surface area contributed by atoms with Crippen LogP contribution in [0.2, 0.25) is 5.02 Å². The highest BCUT2D eigenvalue weighted by molar-refractivity contribution is 7.99. The van der Waals surface area contributed by atoms with Gasteiger partial charge in [-0.15, -0.1) is 11.8 Å². The van der Waals surface area contributed by atoms with Gasteiger partial charge in [0.25, 0.3) is 0 Å².